The number of hydrogen-bond donors (Lipinski definition) is 1. The number of aromatic nitrogens is 1. The normalized spacial score (nSPS) is 11.1. The zero-order valence-corrected chi connectivity index (χ0v) is 20.2. The lowest BCUT2D eigenvalue weighted by Crippen LogP contribution is -2.30. The predicted octanol–water partition coefficient (Wildman–Crippen LogP) is 4.60. The summed E-state index contributed by atoms with van der Waals surface area (Å²) < 4.78 is 16.1. The number of para-hydroxylation sites is 1. The van der Waals surface area contributed by atoms with Crippen molar-refractivity contribution in [1.82, 2.24) is 10.3 Å². The highest BCUT2D eigenvalue weighted by Gasteiger charge is 2.17. The molecule has 1 aromatic heterocycles. The summed E-state index contributed by atoms with van der Waals surface area (Å²) in [6, 6.07) is 12.9. The first-order valence-electron chi connectivity index (χ1n) is 10.4. The smallest absolute Gasteiger partial charge is 0.325 e. The lowest BCUT2D eigenvalue weighted by atomic mass is 9.87. The molecule has 0 bridgehead atoms. The van der Waals surface area contributed by atoms with Crippen LogP contribution in [0.15, 0.2) is 47.8 Å². The van der Waals surface area contributed by atoms with Crippen LogP contribution in [0.3, 0.4) is 0 Å². The highest BCUT2D eigenvalue weighted by molar-refractivity contribution is 7.13. The lowest BCUT2D eigenvalue weighted by Gasteiger charge is -2.19. The molecule has 0 fully saturated rings. The molecular formula is C25H28N2O5S. The summed E-state index contributed by atoms with van der Waals surface area (Å²) in [7, 11) is 3.15. The van der Waals surface area contributed by atoms with E-state index in [0.717, 1.165) is 16.1 Å². The van der Waals surface area contributed by atoms with Crippen molar-refractivity contribution < 1.29 is 23.8 Å². The number of carbonyl (C=O) groups is 2. The van der Waals surface area contributed by atoms with Gasteiger partial charge >= 0.3 is 5.97 Å². The van der Waals surface area contributed by atoms with E-state index in [1.165, 1.54) is 11.3 Å². The Morgan fingerprint density at radius 1 is 1.03 bits per heavy atom. The SMILES string of the molecule is COc1cccc(-c2nc(COC(=O)CNC(=O)c3ccc(C(C)(C)C)cc3)cs2)c1OC. The molecule has 2 aromatic carbocycles. The van der Waals surface area contributed by atoms with Crippen molar-refractivity contribution in [1.29, 1.82) is 0 Å². The van der Waals surface area contributed by atoms with Gasteiger partial charge in [-0.25, -0.2) is 4.98 Å². The fraction of sp³-hybridized carbons (Fsp3) is 0.320. The molecule has 0 saturated carbocycles. The van der Waals surface area contributed by atoms with Crippen LogP contribution in [0.1, 0.15) is 42.4 Å². The van der Waals surface area contributed by atoms with Crippen LogP contribution in [-0.4, -0.2) is 37.6 Å². The van der Waals surface area contributed by atoms with E-state index in [9.17, 15) is 9.59 Å². The summed E-state index contributed by atoms with van der Waals surface area (Å²) in [5.74, 6) is 0.342. The number of hydrogen-bond acceptors (Lipinski definition) is 7. The first kappa shape index (κ1) is 24.3. The highest BCUT2D eigenvalue weighted by atomic mass is 32.1. The van der Waals surface area contributed by atoms with Crippen LogP contribution >= 0.6 is 11.3 Å². The maximum atomic E-state index is 12.3. The van der Waals surface area contributed by atoms with E-state index in [4.69, 9.17) is 14.2 Å². The number of rotatable bonds is 8. The Hall–Kier alpha value is -3.39. The third kappa shape index (κ3) is 6.10. The van der Waals surface area contributed by atoms with Gasteiger partial charge in [0.25, 0.3) is 5.91 Å². The molecule has 174 valence electrons. The van der Waals surface area contributed by atoms with Gasteiger partial charge in [0.1, 0.15) is 18.2 Å². The van der Waals surface area contributed by atoms with Gasteiger partial charge in [0.2, 0.25) is 0 Å². The van der Waals surface area contributed by atoms with Crippen molar-refractivity contribution in [3.63, 3.8) is 0 Å². The van der Waals surface area contributed by atoms with E-state index in [-0.39, 0.29) is 24.5 Å². The molecule has 1 amide bonds. The van der Waals surface area contributed by atoms with Gasteiger partial charge in [0, 0.05) is 10.9 Å². The molecule has 3 aromatic rings. The third-order valence-electron chi connectivity index (χ3n) is 4.97. The number of amides is 1. The molecule has 0 spiro atoms. The Kier molecular flexibility index (Phi) is 7.71. The quantitative estimate of drug-likeness (QED) is 0.486. The van der Waals surface area contributed by atoms with Gasteiger partial charge in [-0.2, -0.15) is 0 Å². The molecule has 1 heterocycles. The molecule has 0 aliphatic heterocycles. The van der Waals surface area contributed by atoms with Crippen LogP contribution < -0.4 is 14.8 Å². The van der Waals surface area contributed by atoms with E-state index in [2.05, 4.69) is 31.1 Å². The lowest BCUT2D eigenvalue weighted by molar-refractivity contribution is -0.143. The van der Waals surface area contributed by atoms with Crippen LogP contribution in [-0.2, 0) is 21.6 Å². The van der Waals surface area contributed by atoms with Gasteiger partial charge in [0.05, 0.1) is 25.5 Å². The Bertz CT molecular complexity index is 1120. The number of nitrogens with one attached hydrogen (secondary N) is 1. The maximum Gasteiger partial charge on any atom is 0.325 e. The van der Waals surface area contributed by atoms with Crippen molar-refractivity contribution in [3.8, 4) is 22.1 Å². The Balaban J connectivity index is 1.53. The van der Waals surface area contributed by atoms with Gasteiger partial charge in [-0.15, -0.1) is 11.3 Å². The van der Waals surface area contributed by atoms with Gasteiger partial charge in [-0.3, -0.25) is 9.59 Å². The van der Waals surface area contributed by atoms with E-state index in [1.54, 1.807) is 26.4 Å². The zero-order chi connectivity index (χ0) is 24.0. The number of carbonyl (C=O) groups excluding carboxylic acids is 2. The summed E-state index contributed by atoms with van der Waals surface area (Å²) >= 11 is 1.41. The van der Waals surface area contributed by atoms with Crippen LogP contribution in [0.4, 0.5) is 0 Å². The molecule has 3 rings (SSSR count). The maximum absolute atomic E-state index is 12.3. The topological polar surface area (TPSA) is 86.8 Å². The zero-order valence-electron chi connectivity index (χ0n) is 19.4. The minimum atomic E-state index is -0.539. The monoisotopic (exact) mass is 468 g/mol. The summed E-state index contributed by atoms with van der Waals surface area (Å²) in [5, 5.41) is 5.13. The molecule has 0 unspecified atom stereocenters. The second-order valence-corrected chi connectivity index (χ2v) is 9.21. The van der Waals surface area contributed by atoms with E-state index in [1.807, 2.05) is 35.7 Å². The number of benzene rings is 2. The average Bonchev–Trinajstić information content (AvgIpc) is 3.29. The molecule has 0 radical (unpaired) electrons. The number of nitrogens with zero attached hydrogens (tertiary/aromatic N) is 1. The third-order valence-corrected chi connectivity index (χ3v) is 5.90. The van der Waals surface area contributed by atoms with Crippen molar-refractivity contribution in [2.75, 3.05) is 20.8 Å². The second kappa shape index (κ2) is 10.5. The van der Waals surface area contributed by atoms with Gasteiger partial charge in [-0.05, 0) is 35.2 Å². The van der Waals surface area contributed by atoms with Gasteiger partial charge in [0.15, 0.2) is 11.5 Å². The van der Waals surface area contributed by atoms with Crippen LogP contribution in [0, 0.1) is 0 Å². The molecule has 7 nitrogen and oxygen atoms in total. The second-order valence-electron chi connectivity index (χ2n) is 8.36. The van der Waals surface area contributed by atoms with Crippen molar-refractivity contribution in [3.05, 3.63) is 64.7 Å². The first-order chi connectivity index (χ1) is 15.7. The van der Waals surface area contributed by atoms with Crippen molar-refractivity contribution in [2.24, 2.45) is 0 Å². The highest BCUT2D eigenvalue weighted by Crippen LogP contribution is 2.39. The molecular weight excluding hydrogens is 440 g/mol. The number of thiazole rings is 1. The Labute approximate surface area is 197 Å². The Morgan fingerprint density at radius 2 is 1.76 bits per heavy atom. The molecule has 8 heteroatoms. The van der Waals surface area contributed by atoms with Crippen molar-refractivity contribution >= 4 is 23.2 Å². The van der Waals surface area contributed by atoms with Gasteiger partial charge in [-0.1, -0.05) is 39.0 Å². The average molecular weight is 469 g/mol. The molecule has 0 atom stereocenters. The minimum Gasteiger partial charge on any atom is -0.493 e. The van der Waals surface area contributed by atoms with E-state index < -0.39 is 5.97 Å². The number of esters is 1. The number of ether oxygens (including phenoxy) is 3. The summed E-state index contributed by atoms with van der Waals surface area (Å²) in [5.41, 5.74) is 3.04. The fourth-order valence-corrected chi connectivity index (χ4v) is 3.96. The molecule has 0 aliphatic rings. The largest absolute Gasteiger partial charge is 0.493 e. The standard InChI is InChI=1S/C25H28N2O5S/c1-25(2,3)17-11-9-16(10-12-17)23(29)26-13-21(28)32-14-18-15-33-24(27-18)19-7-6-8-20(30-4)22(19)31-5/h6-12,15H,13-14H2,1-5H3,(H,26,29). The Morgan fingerprint density at radius 3 is 2.39 bits per heavy atom. The van der Waals surface area contributed by atoms with E-state index in [0.29, 0.717) is 22.8 Å². The summed E-state index contributed by atoms with van der Waals surface area (Å²) in [6.45, 7) is 6.11. The fourth-order valence-electron chi connectivity index (χ4n) is 3.13. The van der Waals surface area contributed by atoms with Crippen LogP contribution in [0.5, 0.6) is 11.5 Å². The van der Waals surface area contributed by atoms with Crippen LogP contribution in [0.2, 0.25) is 0 Å². The molecule has 33 heavy (non-hydrogen) atoms. The summed E-state index contributed by atoms with van der Waals surface area (Å²) in [4.78, 5) is 28.9. The summed E-state index contributed by atoms with van der Waals surface area (Å²) in [6.07, 6.45) is 0. The van der Waals surface area contributed by atoms with E-state index >= 15 is 0 Å². The predicted molar refractivity (Wildman–Crippen MR) is 128 cm³/mol. The molecule has 1 N–H and O–H groups in total. The number of methoxy groups -OCH3 is 2. The minimum absolute atomic E-state index is 0.00603. The molecule has 0 saturated heterocycles. The first-order valence-corrected chi connectivity index (χ1v) is 11.3. The van der Waals surface area contributed by atoms with Crippen molar-refractivity contribution in [2.45, 2.75) is 32.8 Å². The van der Waals surface area contributed by atoms with Crippen LogP contribution in [0.25, 0.3) is 10.6 Å². The van der Waals surface area contributed by atoms with Gasteiger partial charge < -0.3 is 19.5 Å². The molecule has 0 aliphatic carbocycles.